The molecule has 2 heterocycles. The molecule has 3 fully saturated rings. The lowest BCUT2D eigenvalue weighted by Gasteiger charge is -2.46. The van der Waals surface area contributed by atoms with Crippen LogP contribution in [0.25, 0.3) is 11.4 Å². The third-order valence-corrected chi connectivity index (χ3v) is 6.48. The Bertz CT molecular complexity index is 1070. The van der Waals surface area contributed by atoms with Gasteiger partial charge in [-0.1, -0.05) is 12.1 Å². The van der Waals surface area contributed by atoms with E-state index in [9.17, 15) is 9.18 Å². The van der Waals surface area contributed by atoms with E-state index >= 15 is 0 Å². The number of carbonyl (C=O) groups is 1. The average molecular weight is 388 g/mol. The van der Waals surface area contributed by atoms with Gasteiger partial charge in [0.2, 0.25) is 5.91 Å². The Hall–Kier alpha value is -3.15. The number of rotatable bonds is 4. The van der Waals surface area contributed by atoms with E-state index in [1.165, 1.54) is 0 Å². The quantitative estimate of drug-likeness (QED) is 0.724. The first-order chi connectivity index (χ1) is 14.1. The summed E-state index contributed by atoms with van der Waals surface area (Å²) in [5.74, 6) is 0.371. The molecule has 3 aliphatic rings. The Morgan fingerprint density at radius 3 is 2.72 bits per heavy atom. The van der Waals surface area contributed by atoms with Crippen LogP contribution in [0.1, 0.15) is 30.5 Å². The Labute approximate surface area is 168 Å². The molecular weight excluding hydrogens is 367 g/mol. The molecule has 6 heteroatoms. The first-order valence-electron chi connectivity index (χ1n) is 9.88. The van der Waals surface area contributed by atoms with E-state index in [0.29, 0.717) is 17.4 Å². The van der Waals surface area contributed by atoms with Crippen molar-refractivity contribution in [3.05, 3.63) is 72.1 Å². The van der Waals surface area contributed by atoms with Crippen LogP contribution in [0, 0.1) is 24.6 Å². The number of aromatic nitrogens is 3. The van der Waals surface area contributed by atoms with Gasteiger partial charge >= 0.3 is 0 Å². The van der Waals surface area contributed by atoms with Crippen LogP contribution in [0.4, 0.5) is 10.1 Å². The van der Waals surface area contributed by atoms with Crippen LogP contribution in [0.2, 0.25) is 0 Å². The summed E-state index contributed by atoms with van der Waals surface area (Å²) in [6, 6.07) is 11.6. The molecule has 1 amide bonds. The standard InChI is InChI=1S/C23H21FN4O/c1-14-5-6-17(10-18(14)21-26-12-16(24)13-27-21)28-22(29)20-15-7-8-23(20,11-15)19-4-2-3-9-25-19/h2-6,9-10,12-13,15,20H,7-8,11H2,1H3,(H,28,29)/t15?,20-,23+/m0/s1. The van der Waals surface area contributed by atoms with Crippen molar-refractivity contribution in [1.82, 2.24) is 15.0 Å². The minimum Gasteiger partial charge on any atom is -0.326 e. The van der Waals surface area contributed by atoms with E-state index in [0.717, 1.165) is 48.5 Å². The molecule has 3 aliphatic carbocycles. The Morgan fingerprint density at radius 2 is 2.00 bits per heavy atom. The predicted octanol–water partition coefficient (Wildman–Crippen LogP) is 4.29. The van der Waals surface area contributed by atoms with Crippen LogP contribution >= 0.6 is 0 Å². The minimum atomic E-state index is -0.476. The van der Waals surface area contributed by atoms with E-state index in [4.69, 9.17) is 0 Å². The second kappa shape index (κ2) is 6.72. The van der Waals surface area contributed by atoms with Gasteiger partial charge in [-0.05, 0) is 61.9 Å². The molecule has 6 rings (SSSR count). The summed E-state index contributed by atoms with van der Waals surface area (Å²) in [5.41, 5.74) is 3.33. The summed E-state index contributed by atoms with van der Waals surface area (Å²) in [5, 5.41) is 3.09. The van der Waals surface area contributed by atoms with Gasteiger partial charge in [-0.2, -0.15) is 0 Å². The monoisotopic (exact) mass is 388 g/mol. The molecule has 2 aromatic heterocycles. The first kappa shape index (κ1) is 17.9. The average Bonchev–Trinajstić information content (AvgIpc) is 3.32. The highest BCUT2D eigenvalue weighted by molar-refractivity contribution is 5.95. The van der Waals surface area contributed by atoms with Gasteiger partial charge in [0.15, 0.2) is 11.6 Å². The molecule has 5 nitrogen and oxygen atoms in total. The Kier molecular flexibility index (Phi) is 4.15. The number of nitrogens with one attached hydrogen (secondary N) is 1. The number of hydrogen-bond acceptors (Lipinski definition) is 4. The third kappa shape index (κ3) is 2.90. The SMILES string of the molecule is Cc1ccc(NC(=O)[C@@H]2C3CC[C@]2(c2ccccn2)C3)cc1-c1ncc(F)cn1. The van der Waals surface area contributed by atoms with Crippen LogP contribution in [0.15, 0.2) is 55.0 Å². The van der Waals surface area contributed by atoms with Crippen molar-refractivity contribution in [3.63, 3.8) is 0 Å². The molecular formula is C23H21FN4O. The number of carbonyl (C=O) groups excluding carboxylic acids is 1. The van der Waals surface area contributed by atoms with Crippen molar-refractivity contribution in [1.29, 1.82) is 0 Å². The first-order valence-corrected chi connectivity index (χ1v) is 9.88. The topological polar surface area (TPSA) is 67.8 Å². The normalized spacial score (nSPS) is 24.8. The summed E-state index contributed by atoms with van der Waals surface area (Å²) in [6.45, 7) is 1.94. The van der Waals surface area contributed by atoms with E-state index in [1.807, 2.05) is 43.3 Å². The van der Waals surface area contributed by atoms with Crippen LogP contribution < -0.4 is 5.32 Å². The zero-order valence-corrected chi connectivity index (χ0v) is 16.1. The lowest BCUT2D eigenvalue weighted by molar-refractivity contribution is -0.127. The van der Waals surface area contributed by atoms with E-state index < -0.39 is 5.82 Å². The number of pyridine rings is 1. The summed E-state index contributed by atoms with van der Waals surface area (Å²) in [4.78, 5) is 25.9. The second-order valence-electron chi connectivity index (χ2n) is 8.10. The number of anilines is 1. The zero-order chi connectivity index (χ0) is 20.0. The molecule has 1 aromatic carbocycles. The maximum absolute atomic E-state index is 13.2. The largest absolute Gasteiger partial charge is 0.326 e. The molecule has 0 radical (unpaired) electrons. The van der Waals surface area contributed by atoms with Crippen molar-refractivity contribution in [2.24, 2.45) is 11.8 Å². The number of benzene rings is 1. The van der Waals surface area contributed by atoms with Gasteiger partial charge in [0.1, 0.15) is 0 Å². The predicted molar refractivity (Wildman–Crippen MR) is 108 cm³/mol. The number of amides is 1. The summed E-state index contributed by atoms with van der Waals surface area (Å²) >= 11 is 0. The fraction of sp³-hybridized carbons (Fsp3) is 0.304. The molecule has 2 bridgehead atoms. The maximum Gasteiger partial charge on any atom is 0.228 e. The van der Waals surface area contributed by atoms with Crippen molar-refractivity contribution in [2.45, 2.75) is 31.6 Å². The van der Waals surface area contributed by atoms with Crippen molar-refractivity contribution in [2.75, 3.05) is 5.32 Å². The van der Waals surface area contributed by atoms with Gasteiger partial charge in [0, 0.05) is 28.6 Å². The summed E-state index contributed by atoms with van der Waals surface area (Å²) in [7, 11) is 0. The van der Waals surface area contributed by atoms with Crippen LogP contribution in [0.3, 0.4) is 0 Å². The van der Waals surface area contributed by atoms with E-state index in [1.54, 1.807) is 6.20 Å². The maximum atomic E-state index is 13.2. The molecule has 0 saturated heterocycles. The molecule has 0 spiro atoms. The number of hydrogen-bond donors (Lipinski definition) is 1. The molecule has 3 saturated carbocycles. The van der Waals surface area contributed by atoms with Crippen molar-refractivity contribution in [3.8, 4) is 11.4 Å². The molecule has 146 valence electrons. The van der Waals surface area contributed by atoms with Gasteiger partial charge in [-0.25, -0.2) is 14.4 Å². The van der Waals surface area contributed by atoms with Gasteiger partial charge in [0.25, 0.3) is 0 Å². The minimum absolute atomic E-state index is 0.0410. The van der Waals surface area contributed by atoms with Crippen LogP contribution in [-0.4, -0.2) is 20.9 Å². The molecule has 29 heavy (non-hydrogen) atoms. The van der Waals surface area contributed by atoms with Crippen LogP contribution in [0.5, 0.6) is 0 Å². The zero-order valence-electron chi connectivity index (χ0n) is 16.1. The van der Waals surface area contributed by atoms with Gasteiger partial charge in [0.05, 0.1) is 18.3 Å². The van der Waals surface area contributed by atoms with Gasteiger partial charge < -0.3 is 5.32 Å². The Morgan fingerprint density at radius 1 is 1.17 bits per heavy atom. The smallest absolute Gasteiger partial charge is 0.228 e. The Balaban J connectivity index is 1.40. The summed E-state index contributed by atoms with van der Waals surface area (Å²) < 4.78 is 13.2. The highest BCUT2D eigenvalue weighted by Crippen LogP contribution is 2.63. The van der Waals surface area contributed by atoms with Gasteiger partial charge in [-0.3, -0.25) is 9.78 Å². The lowest BCUT2D eigenvalue weighted by Crippen LogP contribution is -2.50. The molecule has 3 atom stereocenters. The fourth-order valence-corrected chi connectivity index (χ4v) is 5.10. The lowest BCUT2D eigenvalue weighted by atomic mass is 9.58. The molecule has 1 N–H and O–H groups in total. The number of halogens is 1. The second-order valence-corrected chi connectivity index (χ2v) is 8.10. The number of fused-ring (bicyclic) bond motifs is 1. The summed E-state index contributed by atoms with van der Waals surface area (Å²) in [6.07, 6.45) is 7.21. The number of nitrogens with zero attached hydrogens (tertiary/aromatic N) is 3. The third-order valence-electron chi connectivity index (χ3n) is 6.48. The van der Waals surface area contributed by atoms with Gasteiger partial charge in [-0.15, -0.1) is 0 Å². The van der Waals surface area contributed by atoms with E-state index in [2.05, 4.69) is 20.3 Å². The van der Waals surface area contributed by atoms with Crippen LogP contribution in [-0.2, 0) is 10.2 Å². The highest BCUT2D eigenvalue weighted by Gasteiger charge is 2.63. The van der Waals surface area contributed by atoms with Crippen molar-refractivity contribution >= 4 is 11.6 Å². The molecule has 1 unspecified atom stereocenters. The molecule has 3 aromatic rings. The number of aryl methyl sites for hydroxylation is 1. The fourth-order valence-electron chi connectivity index (χ4n) is 5.10. The molecule has 0 aliphatic heterocycles. The van der Waals surface area contributed by atoms with Crippen molar-refractivity contribution < 1.29 is 9.18 Å². The van der Waals surface area contributed by atoms with E-state index in [-0.39, 0.29) is 17.2 Å². The highest BCUT2D eigenvalue weighted by atomic mass is 19.1.